The predicted octanol–water partition coefficient (Wildman–Crippen LogP) is 2.53. The summed E-state index contributed by atoms with van der Waals surface area (Å²) in [7, 11) is 0. The molecule has 0 heterocycles. The maximum absolute atomic E-state index is 5.71. The maximum Gasteiger partial charge on any atom is 0.0655 e. The van der Waals surface area contributed by atoms with Gasteiger partial charge in [0, 0.05) is 18.1 Å². The molecule has 0 aromatic carbocycles. The van der Waals surface area contributed by atoms with E-state index in [0.29, 0.717) is 17.6 Å². The van der Waals surface area contributed by atoms with Gasteiger partial charge in [-0.15, -0.1) is 0 Å². The second-order valence-corrected chi connectivity index (χ2v) is 5.84. The van der Waals surface area contributed by atoms with Gasteiger partial charge in [-0.3, -0.25) is 0 Å². The first-order valence-electron chi connectivity index (χ1n) is 5.96. The Morgan fingerprint density at radius 2 is 2.20 bits per heavy atom. The van der Waals surface area contributed by atoms with E-state index in [1.54, 1.807) is 0 Å². The third-order valence-electron chi connectivity index (χ3n) is 3.46. The van der Waals surface area contributed by atoms with Crippen molar-refractivity contribution in [1.82, 2.24) is 5.32 Å². The lowest BCUT2D eigenvalue weighted by atomic mass is 9.64. The highest BCUT2D eigenvalue weighted by Crippen LogP contribution is 2.42. The molecule has 1 saturated carbocycles. The Morgan fingerprint density at radius 1 is 1.47 bits per heavy atom. The number of hydrogen-bond donors (Lipinski definition) is 1. The van der Waals surface area contributed by atoms with Crippen LogP contribution in [0.2, 0.25) is 0 Å². The van der Waals surface area contributed by atoms with Crippen LogP contribution in [0.25, 0.3) is 0 Å². The van der Waals surface area contributed by atoms with E-state index in [0.717, 1.165) is 13.2 Å². The van der Waals surface area contributed by atoms with Crippen LogP contribution in [0, 0.1) is 5.41 Å². The van der Waals surface area contributed by atoms with Crippen molar-refractivity contribution in [2.45, 2.75) is 45.8 Å². The molecule has 1 rings (SSSR count). The number of ether oxygens (including phenoxy) is 1. The SMILES string of the molecule is CCOC1CC(NCCCSC)C1(C)C. The van der Waals surface area contributed by atoms with Crippen LogP contribution in [0.15, 0.2) is 0 Å². The zero-order valence-electron chi connectivity index (χ0n) is 10.5. The summed E-state index contributed by atoms with van der Waals surface area (Å²) < 4.78 is 5.71. The molecule has 1 aliphatic rings. The van der Waals surface area contributed by atoms with Gasteiger partial charge >= 0.3 is 0 Å². The van der Waals surface area contributed by atoms with Crippen LogP contribution in [-0.2, 0) is 4.74 Å². The molecule has 0 aromatic rings. The summed E-state index contributed by atoms with van der Waals surface area (Å²) in [5, 5.41) is 3.64. The summed E-state index contributed by atoms with van der Waals surface area (Å²) in [6.45, 7) is 8.68. The van der Waals surface area contributed by atoms with E-state index in [4.69, 9.17) is 4.74 Å². The molecule has 3 heteroatoms. The highest BCUT2D eigenvalue weighted by molar-refractivity contribution is 7.98. The van der Waals surface area contributed by atoms with Crippen molar-refractivity contribution in [2.75, 3.05) is 25.2 Å². The van der Waals surface area contributed by atoms with Crippen molar-refractivity contribution in [3.63, 3.8) is 0 Å². The van der Waals surface area contributed by atoms with Gasteiger partial charge in [-0.1, -0.05) is 13.8 Å². The normalized spacial score (nSPS) is 28.8. The molecule has 0 spiro atoms. The van der Waals surface area contributed by atoms with Gasteiger partial charge in [-0.25, -0.2) is 0 Å². The molecule has 15 heavy (non-hydrogen) atoms. The maximum atomic E-state index is 5.71. The summed E-state index contributed by atoms with van der Waals surface area (Å²) in [5.41, 5.74) is 0.315. The summed E-state index contributed by atoms with van der Waals surface area (Å²) in [4.78, 5) is 0. The van der Waals surface area contributed by atoms with Crippen LogP contribution in [0.5, 0.6) is 0 Å². The van der Waals surface area contributed by atoms with Crippen LogP contribution in [0.4, 0.5) is 0 Å². The predicted molar refractivity (Wildman–Crippen MR) is 68.6 cm³/mol. The number of rotatable bonds is 7. The van der Waals surface area contributed by atoms with E-state index >= 15 is 0 Å². The van der Waals surface area contributed by atoms with Gasteiger partial charge in [-0.05, 0) is 38.3 Å². The largest absolute Gasteiger partial charge is 0.378 e. The summed E-state index contributed by atoms with van der Waals surface area (Å²) in [6.07, 6.45) is 5.08. The third-order valence-corrected chi connectivity index (χ3v) is 4.16. The van der Waals surface area contributed by atoms with Gasteiger partial charge in [0.1, 0.15) is 0 Å². The second-order valence-electron chi connectivity index (χ2n) is 4.85. The van der Waals surface area contributed by atoms with Crippen LogP contribution in [0.1, 0.15) is 33.6 Å². The monoisotopic (exact) mass is 231 g/mol. The molecule has 2 nitrogen and oxygen atoms in total. The molecule has 1 N–H and O–H groups in total. The third kappa shape index (κ3) is 3.36. The zero-order chi connectivity index (χ0) is 11.3. The van der Waals surface area contributed by atoms with Crippen molar-refractivity contribution in [3.8, 4) is 0 Å². The van der Waals surface area contributed by atoms with Gasteiger partial charge < -0.3 is 10.1 Å². The Balaban J connectivity index is 2.17. The minimum atomic E-state index is 0.315. The van der Waals surface area contributed by atoms with Crippen molar-refractivity contribution < 1.29 is 4.74 Å². The highest BCUT2D eigenvalue weighted by atomic mass is 32.2. The van der Waals surface area contributed by atoms with Crippen molar-refractivity contribution in [1.29, 1.82) is 0 Å². The second kappa shape index (κ2) is 6.12. The smallest absolute Gasteiger partial charge is 0.0655 e. The fraction of sp³-hybridized carbons (Fsp3) is 1.00. The Labute approximate surface area is 98.5 Å². The molecule has 1 aliphatic carbocycles. The first-order valence-corrected chi connectivity index (χ1v) is 7.36. The topological polar surface area (TPSA) is 21.3 Å². The summed E-state index contributed by atoms with van der Waals surface area (Å²) in [5.74, 6) is 1.26. The summed E-state index contributed by atoms with van der Waals surface area (Å²) >= 11 is 1.92. The minimum absolute atomic E-state index is 0.315. The number of thioether (sulfide) groups is 1. The quantitative estimate of drug-likeness (QED) is 0.680. The van der Waals surface area contributed by atoms with Gasteiger partial charge in [-0.2, -0.15) is 11.8 Å². The highest BCUT2D eigenvalue weighted by Gasteiger charge is 2.48. The lowest BCUT2D eigenvalue weighted by Crippen LogP contribution is -2.61. The van der Waals surface area contributed by atoms with Crippen LogP contribution in [0.3, 0.4) is 0 Å². The molecule has 0 amide bonds. The average Bonchev–Trinajstić information content (AvgIpc) is 2.21. The molecule has 90 valence electrons. The number of hydrogen-bond acceptors (Lipinski definition) is 3. The van der Waals surface area contributed by atoms with Gasteiger partial charge in [0.25, 0.3) is 0 Å². The van der Waals surface area contributed by atoms with E-state index in [2.05, 4.69) is 32.3 Å². The molecule has 0 aromatic heterocycles. The fourth-order valence-corrected chi connectivity index (χ4v) is 2.64. The van der Waals surface area contributed by atoms with Crippen LogP contribution >= 0.6 is 11.8 Å². The lowest BCUT2D eigenvalue weighted by molar-refractivity contribution is -0.113. The Hall–Kier alpha value is 0.270. The molecule has 2 unspecified atom stereocenters. The van der Waals surface area contributed by atoms with Gasteiger partial charge in [0.05, 0.1) is 6.10 Å². The minimum Gasteiger partial charge on any atom is -0.378 e. The molecule has 1 fully saturated rings. The van der Waals surface area contributed by atoms with Crippen molar-refractivity contribution in [2.24, 2.45) is 5.41 Å². The van der Waals surface area contributed by atoms with Crippen LogP contribution < -0.4 is 5.32 Å². The summed E-state index contributed by atoms with van der Waals surface area (Å²) in [6, 6.07) is 0.649. The molecular formula is C12H25NOS. The van der Waals surface area contributed by atoms with Gasteiger partial charge in [0.2, 0.25) is 0 Å². The first kappa shape index (κ1) is 13.3. The van der Waals surface area contributed by atoms with E-state index in [1.807, 2.05) is 11.8 Å². The Bertz CT molecular complexity index is 184. The van der Waals surface area contributed by atoms with E-state index in [-0.39, 0.29) is 0 Å². The van der Waals surface area contributed by atoms with Gasteiger partial charge in [0.15, 0.2) is 0 Å². The lowest BCUT2D eigenvalue weighted by Gasteiger charge is -2.52. The Morgan fingerprint density at radius 3 is 2.73 bits per heavy atom. The van der Waals surface area contributed by atoms with E-state index < -0.39 is 0 Å². The molecule has 0 bridgehead atoms. The zero-order valence-corrected chi connectivity index (χ0v) is 11.3. The molecule has 0 radical (unpaired) electrons. The van der Waals surface area contributed by atoms with Crippen LogP contribution in [-0.4, -0.2) is 37.3 Å². The molecule has 0 aliphatic heterocycles. The van der Waals surface area contributed by atoms with Crippen molar-refractivity contribution >= 4 is 11.8 Å². The fourth-order valence-electron chi connectivity index (χ4n) is 2.21. The first-order chi connectivity index (χ1) is 7.12. The standard InChI is InChI=1S/C12H25NOS/c1-5-14-11-9-10(12(11,2)3)13-7-6-8-15-4/h10-11,13H,5-9H2,1-4H3. The van der Waals surface area contributed by atoms with E-state index in [9.17, 15) is 0 Å². The Kier molecular flexibility index (Phi) is 5.44. The molecular weight excluding hydrogens is 206 g/mol. The van der Waals surface area contributed by atoms with E-state index in [1.165, 1.54) is 18.6 Å². The molecule has 0 saturated heterocycles. The average molecular weight is 231 g/mol. The molecule has 2 atom stereocenters. The van der Waals surface area contributed by atoms with Crippen molar-refractivity contribution in [3.05, 3.63) is 0 Å². The number of nitrogens with one attached hydrogen (secondary N) is 1.